The Hall–Kier alpha value is -2.65. The minimum atomic E-state index is -2.61. The number of halogens is 1. The van der Waals surface area contributed by atoms with Crippen molar-refractivity contribution in [2.24, 2.45) is 7.05 Å². The third kappa shape index (κ3) is 5.36. The van der Waals surface area contributed by atoms with E-state index in [1.165, 1.54) is 0 Å². The van der Waals surface area contributed by atoms with Crippen molar-refractivity contribution in [2.75, 3.05) is 27.0 Å². The first-order valence-corrected chi connectivity index (χ1v) is 11.1. The van der Waals surface area contributed by atoms with Gasteiger partial charge in [0.15, 0.2) is 5.78 Å². The lowest BCUT2D eigenvalue weighted by Crippen LogP contribution is -2.45. The number of piperidine rings is 1. The number of Topliss-reactive ketones (excluding diaryl/α,β-unsaturated/α-hetero) is 1. The summed E-state index contributed by atoms with van der Waals surface area (Å²) in [6.07, 6.45) is 4.59. The fourth-order valence-electron chi connectivity index (χ4n) is 4.50. The van der Waals surface area contributed by atoms with E-state index in [0.29, 0.717) is 24.1 Å². The molecule has 0 aliphatic carbocycles. The summed E-state index contributed by atoms with van der Waals surface area (Å²) in [7, 11) is 1.81. The lowest BCUT2D eigenvalue weighted by atomic mass is 9.87. The van der Waals surface area contributed by atoms with Crippen molar-refractivity contribution in [1.29, 1.82) is 0 Å². The number of hydrogen-bond acceptors (Lipinski definition) is 4. The quantitative estimate of drug-likeness (QED) is 0.191. The highest BCUT2D eigenvalue weighted by Crippen LogP contribution is 2.30. The number of quaternary nitrogens is 1. The predicted molar refractivity (Wildman–Crippen MR) is 145 cm³/mol. The first kappa shape index (κ1) is 17.7. The van der Waals surface area contributed by atoms with Gasteiger partial charge in [-0.15, -0.1) is 29.1 Å². The average molecular weight is 575 g/mol. The Morgan fingerprint density at radius 1 is 1.12 bits per heavy atom. The van der Waals surface area contributed by atoms with Gasteiger partial charge in [-0.05, 0) is 35.1 Å². The van der Waals surface area contributed by atoms with Crippen LogP contribution in [0.2, 0.25) is 0 Å². The van der Waals surface area contributed by atoms with E-state index >= 15 is 0 Å². The van der Waals surface area contributed by atoms with Crippen LogP contribution in [0, 0.1) is 0 Å². The highest BCUT2D eigenvalue weighted by atomic mass is 127. The molecule has 2 aromatic carbocycles. The Kier molecular flexibility index (Phi) is 5.17. The van der Waals surface area contributed by atoms with E-state index in [-0.39, 0.29) is 55.2 Å². The highest BCUT2D eigenvalue weighted by Gasteiger charge is 2.27. The Labute approximate surface area is 226 Å². The SMILES string of the molecule is I.[2H]C([2H])([2H])[N+]1(C([2H])([2H])[2H])CCC(c2cccc(C(=O)Cc3cc4cc(-c5cn(C)nn5)ccc4cn3)c2)CC1. The van der Waals surface area contributed by atoms with E-state index in [9.17, 15) is 4.79 Å². The molecule has 176 valence electrons. The van der Waals surface area contributed by atoms with Crippen LogP contribution in [0.5, 0.6) is 0 Å². The van der Waals surface area contributed by atoms with E-state index in [4.69, 9.17) is 8.22 Å². The highest BCUT2D eigenvalue weighted by molar-refractivity contribution is 14.0. The summed E-state index contributed by atoms with van der Waals surface area (Å²) in [6, 6.07) is 15.2. The standard InChI is InChI=1S/C27H30N5O.HI/c1-31-18-26(29-30-31)21-7-8-23-17-28-25(15-24(23)14-21)16-27(33)22-6-4-5-20(13-22)19-9-11-32(2,3)12-10-19;/h4-8,13-15,17-19H,9-12,16H2,1-3H3;1H/q+1;/i2D3,3D3;. The number of benzene rings is 2. The fourth-order valence-corrected chi connectivity index (χ4v) is 4.50. The fraction of sp³-hybridized carbons (Fsp3) is 0.333. The third-order valence-electron chi connectivity index (χ3n) is 6.42. The number of ketones is 1. The van der Waals surface area contributed by atoms with Gasteiger partial charge >= 0.3 is 0 Å². The molecule has 5 rings (SSSR count). The molecule has 2 aromatic heterocycles. The van der Waals surface area contributed by atoms with Crippen LogP contribution in [0.25, 0.3) is 22.0 Å². The van der Waals surface area contributed by atoms with E-state index in [0.717, 1.165) is 27.6 Å². The summed E-state index contributed by atoms with van der Waals surface area (Å²) in [5, 5.41) is 10.1. The zero-order valence-electron chi connectivity index (χ0n) is 24.9. The second kappa shape index (κ2) is 9.92. The number of aryl methyl sites for hydroxylation is 1. The summed E-state index contributed by atoms with van der Waals surface area (Å²) in [5.74, 6) is -0.0771. The molecule has 0 saturated carbocycles. The van der Waals surface area contributed by atoms with Gasteiger partial charge < -0.3 is 4.48 Å². The molecular formula is C27H31IN5O+. The molecule has 6 nitrogen and oxygen atoms in total. The summed E-state index contributed by atoms with van der Waals surface area (Å²) >= 11 is 0. The zero-order valence-corrected chi connectivity index (χ0v) is 21.3. The molecule has 0 N–H and O–H groups in total. The third-order valence-corrected chi connectivity index (χ3v) is 6.42. The first-order chi connectivity index (χ1) is 18.4. The van der Waals surface area contributed by atoms with E-state index in [2.05, 4.69) is 15.3 Å². The van der Waals surface area contributed by atoms with Crippen molar-refractivity contribution in [3.8, 4) is 11.3 Å². The molecule has 0 radical (unpaired) electrons. The molecule has 1 aliphatic rings. The first-order valence-electron chi connectivity index (χ1n) is 14.1. The number of hydrogen-bond donors (Lipinski definition) is 0. The second-order valence-electron chi connectivity index (χ2n) is 8.93. The number of nitrogens with zero attached hydrogens (tertiary/aromatic N) is 5. The lowest BCUT2D eigenvalue weighted by molar-refractivity contribution is -0.895. The second-order valence-corrected chi connectivity index (χ2v) is 8.93. The monoisotopic (exact) mass is 574 g/mol. The summed E-state index contributed by atoms with van der Waals surface area (Å²) in [5.41, 5.74) is 3.83. The predicted octanol–water partition coefficient (Wildman–Crippen LogP) is 5.03. The van der Waals surface area contributed by atoms with Crippen molar-refractivity contribution < 1.29 is 17.5 Å². The Morgan fingerprint density at radius 2 is 1.94 bits per heavy atom. The van der Waals surface area contributed by atoms with E-state index in [1.54, 1.807) is 16.9 Å². The van der Waals surface area contributed by atoms with Gasteiger partial charge in [0.2, 0.25) is 0 Å². The zero-order chi connectivity index (χ0) is 28.0. The van der Waals surface area contributed by atoms with Gasteiger partial charge in [0.25, 0.3) is 0 Å². The molecule has 0 atom stereocenters. The van der Waals surface area contributed by atoms with Gasteiger partial charge in [0, 0.05) is 48.3 Å². The number of aromatic nitrogens is 4. The number of rotatable bonds is 5. The van der Waals surface area contributed by atoms with Crippen LogP contribution < -0.4 is 0 Å². The molecule has 0 bridgehead atoms. The topological polar surface area (TPSA) is 60.7 Å². The van der Waals surface area contributed by atoms with Crippen LogP contribution in [0.1, 0.15) is 48.6 Å². The van der Waals surface area contributed by atoms with Crippen molar-refractivity contribution in [3.05, 3.63) is 77.7 Å². The largest absolute Gasteiger partial charge is 0.328 e. The minimum Gasteiger partial charge on any atom is -0.328 e. The molecular weight excluding hydrogens is 537 g/mol. The molecule has 1 fully saturated rings. The maximum Gasteiger partial charge on any atom is 0.168 e. The summed E-state index contributed by atoms with van der Waals surface area (Å²) < 4.78 is 48.1. The van der Waals surface area contributed by atoms with Gasteiger partial charge in [-0.1, -0.05) is 35.5 Å². The van der Waals surface area contributed by atoms with Crippen LogP contribution in [0.4, 0.5) is 0 Å². The van der Waals surface area contributed by atoms with E-state index < -0.39 is 18.4 Å². The molecule has 1 aliphatic heterocycles. The number of pyridine rings is 1. The van der Waals surface area contributed by atoms with Gasteiger partial charge in [-0.2, -0.15) is 0 Å². The number of likely N-dealkylation sites (tertiary alicyclic amines) is 1. The minimum absolute atomic E-state index is 0. The lowest BCUT2D eigenvalue weighted by Gasteiger charge is -2.37. The van der Waals surface area contributed by atoms with Crippen molar-refractivity contribution in [2.45, 2.75) is 25.2 Å². The number of carbonyl (C=O) groups is 1. The average Bonchev–Trinajstić information content (AvgIpc) is 3.33. The normalized spacial score (nSPS) is 19.1. The Bertz CT molecular complexity index is 1510. The Morgan fingerprint density at radius 3 is 2.68 bits per heavy atom. The van der Waals surface area contributed by atoms with E-state index in [1.807, 2.05) is 55.7 Å². The summed E-state index contributed by atoms with van der Waals surface area (Å²) in [4.78, 5) is 17.7. The van der Waals surface area contributed by atoms with Crippen molar-refractivity contribution in [1.82, 2.24) is 20.0 Å². The van der Waals surface area contributed by atoms with Crippen LogP contribution in [0.3, 0.4) is 0 Å². The van der Waals surface area contributed by atoms with Crippen LogP contribution >= 0.6 is 24.0 Å². The number of fused-ring (bicyclic) bond motifs is 1. The van der Waals surface area contributed by atoms with Crippen LogP contribution in [-0.4, -0.2) is 57.3 Å². The van der Waals surface area contributed by atoms with Gasteiger partial charge in [0.05, 0.1) is 47.9 Å². The van der Waals surface area contributed by atoms with Crippen LogP contribution in [-0.2, 0) is 13.5 Å². The maximum absolute atomic E-state index is 13.2. The molecule has 34 heavy (non-hydrogen) atoms. The molecule has 3 heterocycles. The van der Waals surface area contributed by atoms with Gasteiger partial charge in [-0.3, -0.25) is 14.5 Å². The smallest absolute Gasteiger partial charge is 0.168 e. The maximum atomic E-state index is 13.2. The molecule has 0 amide bonds. The van der Waals surface area contributed by atoms with Crippen molar-refractivity contribution >= 4 is 40.5 Å². The molecule has 0 unspecified atom stereocenters. The van der Waals surface area contributed by atoms with Crippen molar-refractivity contribution in [3.63, 3.8) is 0 Å². The van der Waals surface area contributed by atoms with Crippen LogP contribution in [0.15, 0.2) is 60.9 Å². The molecule has 1 saturated heterocycles. The van der Waals surface area contributed by atoms with Gasteiger partial charge in [-0.25, -0.2) is 0 Å². The number of carbonyl (C=O) groups excluding carboxylic acids is 1. The molecule has 7 heteroatoms. The Balaban J connectivity index is 0.00000370. The summed E-state index contributed by atoms with van der Waals surface area (Å²) in [6.45, 7) is -5.16. The molecule has 0 spiro atoms. The molecule has 4 aromatic rings. The van der Waals surface area contributed by atoms with Gasteiger partial charge in [0.1, 0.15) is 5.69 Å².